The fraction of sp³-hybridized carbons (Fsp3) is 0.500. The summed E-state index contributed by atoms with van der Waals surface area (Å²) < 4.78 is 5.76. The SMILES string of the molecule is CCCC1=[C]([Y]([C]2=C(CCC)C=CC2)[C]2=C(CCC)C=CC2)CC=C1. The van der Waals surface area contributed by atoms with Crippen molar-refractivity contribution in [1.82, 2.24) is 0 Å². The van der Waals surface area contributed by atoms with E-state index >= 15 is 0 Å². The van der Waals surface area contributed by atoms with Crippen LogP contribution in [0.2, 0.25) is 0 Å². The Hall–Kier alpha value is -0.456. The zero-order valence-corrected chi connectivity index (χ0v) is 19.2. The van der Waals surface area contributed by atoms with Crippen LogP contribution < -0.4 is 0 Å². The summed E-state index contributed by atoms with van der Waals surface area (Å²) in [5, 5.41) is 0. The molecule has 0 bridgehead atoms. The molecule has 0 amide bonds. The van der Waals surface area contributed by atoms with Crippen LogP contribution >= 0.6 is 0 Å². The molecule has 0 unspecified atom stereocenters. The Morgan fingerprint density at radius 2 is 0.920 bits per heavy atom. The Kier molecular flexibility index (Phi) is 7.32. The average molecular weight is 410 g/mol. The topological polar surface area (TPSA) is 0 Å². The average Bonchev–Trinajstić information content (AvgIpc) is 3.33. The minimum absolute atomic E-state index is 1.25. The van der Waals surface area contributed by atoms with Gasteiger partial charge in [-0.1, -0.05) is 0 Å². The molecule has 0 aromatic rings. The Bertz CT molecular complexity index is 584. The van der Waals surface area contributed by atoms with E-state index in [1.54, 1.807) is 16.7 Å². The van der Waals surface area contributed by atoms with Crippen molar-refractivity contribution < 1.29 is 27.4 Å². The van der Waals surface area contributed by atoms with Crippen LogP contribution in [0.3, 0.4) is 0 Å². The molecule has 0 N–H and O–H groups in total. The van der Waals surface area contributed by atoms with Gasteiger partial charge >= 0.3 is 166 Å². The number of allylic oxidation sites excluding steroid dienone is 12. The minimum atomic E-state index is -2.11. The Morgan fingerprint density at radius 1 is 0.600 bits per heavy atom. The maximum absolute atomic E-state index is 2.47. The molecular weight excluding hydrogens is 377 g/mol. The monoisotopic (exact) mass is 410 g/mol. The van der Waals surface area contributed by atoms with Gasteiger partial charge in [0.25, 0.3) is 0 Å². The molecule has 1 heteroatoms. The predicted octanol–water partition coefficient (Wildman–Crippen LogP) is 7.65. The fourth-order valence-electron chi connectivity index (χ4n) is 4.78. The normalized spacial score (nSPS) is 19.3. The second-order valence-corrected chi connectivity index (χ2v) is 14.9. The van der Waals surface area contributed by atoms with Crippen LogP contribution in [0, 0.1) is 0 Å². The molecule has 25 heavy (non-hydrogen) atoms. The molecule has 0 aromatic heterocycles. The van der Waals surface area contributed by atoms with Gasteiger partial charge in [-0.3, -0.25) is 0 Å². The fourth-order valence-corrected chi connectivity index (χ4v) is 15.1. The third kappa shape index (κ3) is 4.28. The van der Waals surface area contributed by atoms with E-state index in [2.05, 4.69) is 57.2 Å². The summed E-state index contributed by atoms with van der Waals surface area (Å²) in [7, 11) is 0. The summed E-state index contributed by atoms with van der Waals surface area (Å²) in [6.45, 7) is 7.00. The van der Waals surface area contributed by atoms with Crippen molar-refractivity contribution in [3.63, 3.8) is 0 Å². The second kappa shape index (κ2) is 9.47. The molecule has 0 aromatic carbocycles. The molecule has 0 spiro atoms. The Morgan fingerprint density at radius 3 is 1.20 bits per heavy atom. The van der Waals surface area contributed by atoms with Crippen LogP contribution in [0.25, 0.3) is 0 Å². The van der Waals surface area contributed by atoms with Crippen molar-refractivity contribution in [2.24, 2.45) is 0 Å². The van der Waals surface area contributed by atoms with Gasteiger partial charge in [0.15, 0.2) is 0 Å². The van der Waals surface area contributed by atoms with E-state index in [0.29, 0.717) is 0 Å². The first-order valence-electron chi connectivity index (χ1n) is 10.4. The van der Waals surface area contributed by atoms with Crippen molar-refractivity contribution in [1.29, 1.82) is 0 Å². The zero-order chi connectivity index (χ0) is 17.6. The van der Waals surface area contributed by atoms with Crippen molar-refractivity contribution in [3.8, 4) is 0 Å². The summed E-state index contributed by atoms with van der Waals surface area (Å²) in [4.78, 5) is 0. The third-order valence-corrected chi connectivity index (χ3v) is 15.4. The molecule has 3 aliphatic rings. The summed E-state index contributed by atoms with van der Waals surface area (Å²) in [5.41, 5.74) is 5.15. The molecule has 0 radical (unpaired) electrons. The van der Waals surface area contributed by atoms with Crippen molar-refractivity contribution in [2.45, 2.75) is 78.6 Å². The van der Waals surface area contributed by atoms with E-state index in [1.165, 1.54) is 57.8 Å². The van der Waals surface area contributed by atoms with Gasteiger partial charge in [0.05, 0.1) is 0 Å². The summed E-state index contributed by atoms with van der Waals surface area (Å²) >= 11 is -2.11. The first-order valence-corrected chi connectivity index (χ1v) is 14.7. The van der Waals surface area contributed by atoms with E-state index in [0.717, 1.165) is 0 Å². The first kappa shape index (κ1) is 19.3. The quantitative estimate of drug-likeness (QED) is 0.366. The van der Waals surface area contributed by atoms with E-state index < -0.39 is 27.4 Å². The zero-order valence-electron chi connectivity index (χ0n) is 16.4. The molecular formula is C24H33Y. The van der Waals surface area contributed by atoms with Crippen molar-refractivity contribution in [2.75, 3.05) is 0 Å². The third-order valence-electron chi connectivity index (χ3n) is 5.81. The second-order valence-electron chi connectivity index (χ2n) is 7.65. The molecule has 0 saturated carbocycles. The first-order chi connectivity index (χ1) is 12.3. The molecule has 0 nitrogen and oxygen atoms in total. The Labute approximate surface area is 165 Å². The summed E-state index contributed by atoms with van der Waals surface area (Å²) in [5.74, 6) is 0. The summed E-state index contributed by atoms with van der Waals surface area (Å²) in [6.07, 6.45) is 26.2. The van der Waals surface area contributed by atoms with Crippen LogP contribution in [0.5, 0.6) is 0 Å². The summed E-state index contributed by atoms with van der Waals surface area (Å²) in [6, 6.07) is 0. The van der Waals surface area contributed by atoms with Crippen LogP contribution in [0.15, 0.2) is 60.3 Å². The van der Waals surface area contributed by atoms with Gasteiger partial charge in [0, 0.05) is 0 Å². The van der Waals surface area contributed by atoms with Gasteiger partial charge < -0.3 is 0 Å². The van der Waals surface area contributed by atoms with Gasteiger partial charge in [0.1, 0.15) is 0 Å². The molecule has 0 fully saturated rings. The van der Waals surface area contributed by atoms with Crippen LogP contribution in [-0.4, -0.2) is 0 Å². The molecule has 3 rings (SSSR count). The van der Waals surface area contributed by atoms with Gasteiger partial charge in [-0.15, -0.1) is 0 Å². The van der Waals surface area contributed by atoms with Crippen LogP contribution in [-0.2, 0) is 27.4 Å². The molecule has 3 aliphatic carbocycles. The molecule has 0 atom stereocenters. The van der Waals surface area contributed by atoms with Crippen LogP contribution in [0.1, 0.15) is 78.6 Å². The molecule has 132 valence electrons. The van der Waals surface area contributed by atoms with Gasteiger partial charge in [-0.2, -0.15) is 0 Å². The molecule has 0 saturated heterocycles. The number of hydrogen-bond acceptors (Lipinski definition) is 0. The van der Waals surface area contributed by atoms with E-state index in [4.69, 9.17) is 0 Å². The van der Waals surface area contributed by atoms with Gasteiger partial charge in [-0.25, -0.2) is 0 Å². The molecule has 0 aliphatic heterocycles. The van der Waals surface area contributed by atoms with Gasteiger partial charge in [0.2, 0.25) is 0 Å². The number of hydrogen-bond donors (Lipinski definition) is 0. The van der Waals surface area contributed by atoms with E-state index in [-0.39, 0.29) is 0 Å². The van der Waals surface area contributed by atoms with Crippen LogP contribution in [0.4, 0.5) is 0 Å². The maximum atomic E-state index is 2.47. The van der Waals surface area contributed by atoms with Crippen molar-refractivity contribution in [3.05, 3.63) is 60.3 Å². The van der Waals surface area contributed by atoms with Gasteiger partial charge in [-0.05, 0) is 0 Å². The number of rotatable bonds is 9. The standard InChI is InChI=1S/3C8H11.Y/c3*1-2-5-8-6-3-4-7-8;/h3*3,6H,2,4-5H2,1H3;. The van der Waals surface area contributed by atoms with E-state index in [1.807, 2.05) is 7.15 Å². The van der Waals surface area contributed by atoms with E-state index in [9.17, 15) is 0 Å². The molecule has 0 heterocycles. The van der Waals surface area contributed by atoms with Crippen molar-refractivity contribution >= 4 is 0 Å². The predicted molar refractivity (Wildman–Crippen MR) is 107 cm³/mol. The Balaban J connectivity index is 2.06.